The van der Waals surface area contributed by atoms with Gasteiger partial charge in [-0.2, -0.15) is 0 Å². The smallest absolute Gasteiger partial charge is 0.224 e. The Morgan fingerprint density at radius 1 is 1.47 bits per heavy atom. The molecule has 4 nitrogen and oxygen atoms in total. The Hall–Kier alpha value is -0.680. The maximum atomic E-state index is 9.67. The molecule has 2 saturated heterocycles. The van der Waals surface area contributed by atoms with Gasteiger partial charge in [0.1, 0.15) is 18.3 Å². The van der Waals surface area contributed by atoms with Crippen molar-refractivity contribution in [2.24, 2.45) is 0 Å². The molecular weight excluding hydrogens is 196 g/mol. The molecule has 0 bridgehead atoms. The van der Waals surface area contributed by atoms with Gasteiger partial charge in [-0.1, -0.05) is 12.7 Å². The number of rotatable bonds is 1. The minimum atomic E-state index is -0.802. The summed E-state index contributed by atoms with van der Waals surface area (Å²) in [6, 6.07) is 0. The Labute approximate surface area is 88.1 Å². The lowest BCUT2D eigenvalue weighted by Gasteiger charge is -2.39. The minimum Gasteiger partial charge on any atom is -0.386 e. The average Bonchev–Trinajstić information content (AvgIpc) is 3.06. The van der Waals surface area contributed by atoms with E-state index in [9.17, 15) is 5.11 Å². The maximum Gasteiger partial charge on any atom is 0.224 e. The van der Waals surface area contributed by atoms with Crippen LogP contribution in [0.4, 0.5) is 0 Å². The lowest BCUT2D eigenvalue weighted by Crippen LogP contribution is -2.50. The van der Waals surface area contributed by atoms with Gasteiger partial charge in [-0.05, 0) is 12.5 Å². The van der Waals surface area contributed by atoms with E-state index in [1.807, 2.05) is 0 Å². The number of aliphatic hydroxyl groups is 1. The summed E-state index contributed by atoms with van der Waals surface area (Å²) in [7, 11) is 0. The highest BCUT2D eigenvalue weighted by atomic mass is 16.8. The van der Waals surface area contributed by atoms with E-state index in [1.54, 1.807) is 12.2 Å². The van der Waals surface area contributed by atoms with Crippen molar-refractivity contribution in [2.45, 2.75) is 30.5 Å². The summed E-state index contributed by atoms with van der Waals surface area (Å²) in [4.78, 5) is 0. The SMILES string of the molecule is C=CC1=C[C@H](O)[C@@H]2O[C@@H]2C12OCCCO2. The van der Waals surface area contributed by atoms with Crippen LogP contribution in [-0.4, -0.2) is 42.4 Å². The van der Waals surface area contributed by atoms with Crippen LogP contribution >= 0.6 is 0 Å². The maximum absolute atomic E-state index is 9.67. The molecule has 0 aromatic rings. The Balaban J connectivity index is 1.98. The first-order valence-electron chi connectivity index (χ1n) is 5.24. The second kappa shape index (κ2) is 3.15. The fourth-order valence-corrected chi connectivity index (χ4v) is 2.34. The van der Waals surface area contributed by atoms with Crippen LogP contribution in [-0.2, 0) is 14.2 Å². The fraction of sp³-hybridized carbons (Fsp3) is 0.636. The molecule has 0 saturated carbocycles. The van der Waals surface area contributed by atoms with Crippen LogP contribution in [0, 0.1) is 0 Å². The molecule has 3 atom stereocenters. The number of fused-ring (bicyclic) bond motifs is 2. The summed E-state index contributed by atoms with van der Waals surface area (Å²) < 4.78 is 16.8. The fourth-order valence-electron chi connectivity index (χ4n) is 2.34. The first-order valence-corrected chi connectivity index (χ1v) is 5.24. The lowest BCUT2D eigenvalue weighted by molar-refractivity contribution is -0.252. The molecule has 0 aromatic heterocycles. The standard InChI is InChI=1S/C11H14O4/c1-2-7-6-8(12)9-10(15-9)11(7)13-4-3-5-14-11/h2,6,8-10,12H,1,3-5H2/t8-,9-,10-/m0/s1. The highest BCUT2D eigenvalue weighted by Crippen LogP contribution is 2.48. The summed E-state index contributed by atoms with van der Waals surface area (Å²) in [5.41, 5.74) is 0.786. The molecule has 0 aromatic carbocycles. The Morgan fingerprint density at radius 2 is 2.20 bits per heavy atom. The molecule has 4 heteroatoms. The molecule has 15 heavy (non-hydrogen) atoms. The van der Waals surface area contributed by atoms with E-state index >= 15 is 0 Å². The minimum absolute atomic E-state index is 0.174. The van der Waals surface area contributed by atoms with Crippen LogP contribution < -0.4 is 0 Å². The van der Waals surface area contributed by atoms with Crippen molar-refractivity contribution in [3.05, 3.63) is 24.3 Å². The molecule has 0 radical (unpaired) electrons. The van der Waals surface area contributed by atoms with Crippen LogP contribution in [0.5, 0.6) is 0 Å². The second-order valence-corrected chi connectivity index (χ2v) is 4.06. The van der Waals surface area contributed by atoms with Crippen molar-refractivity contribution in [1.82, 2.24) is 0 Å². The van der Waals surface area contributed by atoms with Gasteiger partial charge in [0.25, 0.3) is 0 Å². The highest BCUT2D eigenvalue weighted by Gasteiger charge is 2.64. The van der Waals surface area contributed by atoms with Gasteiger partial charge in [-0.15, -0.1) is 0 Å². The Morgan fingerprint density at radius 3 is 2.87 bits per heavy atom. The van der Waals surface area contributed by atoms with Crippen molar-refractivity contribution >= 4 is 0 Å². The summed E-state index contributed by atoms with van der Waals surface area (Å²) in [5.74, 6) is -0.802. The average molecular weight is 210 g/mol. The largest absolute Gasteiger partial charge is 0.386 e. The van der Waals surface area contributed by atoms with Crippen molar-refractivity contribution in [2.75, 3.05) is 13.2 Å². The van der Waals surface area contributed by atoms with Gasteiger partial charge in [0.05, 0.1) is 13.2 Å². The number of aliphatic hydroxyl groups excluding tert-OH is 1. The van der Waals surface area contributed by atoms with Crippen molar-refractivity contribution in [1.29, 1.82) is 0 Å². The van der Waals surface area contributed by atoms with Crippen molar-refractivity contribution in [3.63, 3.8) is 0 Å². The lowest BCUT2D eigenvalue weighted by atomic mass is 9.90. The van der Waals surface area contributed by atoms with Crippen LogP contribution in [0.25, 0.3) is 0 Å². The van der Waals surface area contributed by atoms with Gasteiger partial charge < -0.3 is 19.3 Å². The third-order valence-corrected chi connectivity index (χ3v) is 3.13. The van der Waals surface area contributed by atoms with Gasteiger partial charge in [-0.3, -0.25) is 0 Å². The Kier molecular flexibility index (Phi) is 2.01. The first kappa shape index (κ1) is 9.54. The van der Waals surface area contributed by atoms with Crippen LogP contribution in [0.3, 0.4) is 0 Å². The molecule has 0 unspecified atom stereocenters. The monoisotopic (exact) mass is 210 g/mol. The second-order valence-electron chi connectivity index (χ2n) is 4.06. The van der Waals surface area contributed by atoms with E-state index in [0.29, 0.717) is 13.2 Å². The quantitative estimate of drug-likeness (QED) is 0.635. The molecule has 0 amide bonds. The summed E-state index contributed by atoms with van der Waals surface area (Å²) >= 11 is 0. The van der Waals surface area contributed by atoms with Gasteiger partial charge in [0.2, 0.25) is 5.79 Å². The summed E-state index contributed by atoms with van der Waals surface area (Å²) in [6.07, 6.45) is 3.37. The number of hydrogen-bond donors (Lipinski definition) is 1. The zero-order valence-electron chi connectivity index (χ0n) is 8.39. The molecule has 2 fully saturated rings. The third kappa shape index (κ3) is 1.23. The zero-order valence-corrected chi connectivity index (χ0v) is 8.39. The van der Waals surface area contributed by atoms with E-state index in [1.165, 1.54) is 0 Å². The van der Waals surface area contributed by atoms with Gasteiger partial charge in [0, 0.05) is 5.57 Å². The highest BCUT2D eigenvalue weighted by molar-refractivity contribution is 5.36. The van der Waals surface area contributed by atoms with Crippen LogP contribution in [0.15, 0.2) is 24.3 Å². The van der Waals surface area contributed by atoms with Crippen molar-refractivity contribution in [3.8, 4) is 0 Å². The molecule has 1 aliphatic carbocycles. The zero-order chi connectivity index (χ0) is 10.5. The van der Waals surface area contributed by atoms with Crippen LogP contribution in [0.2, 0.25) is 0 Å². The third-order valence-electron chi connectivity index (χ3n) is 3.13. The molecule has 1 N–H and O–H groups in total. The van der Waals surface area contributed by atoms with Gasteiger partial charge >= 0.3 is 0 Å². The topological polar surface area (TPSA) is 51.2 Å². The van der Waals surface area contributed by atoms with Crippen molar-refractivity contribution < 1.29 is 19.3 Å². The van der Waals surface area contributed by atoms with Crippen LogP contribution in [0.1, 0.15) is 6.42 Å². The number of ether oxygens (including phenoxy) is 3. The molecular formula is C11H14O4. The van der Waals surface area contributed by atoms with Gasteiger partial charge in [-0.25, -0.2) is 0 Å². The number of epoxide rings is 1. The Bertz CT molecular complexity index is 317. The van der Waals surface area contributed by atoms with E-state index in [4.69, 9.17) is 14.2 Å². The molecule has 3 rings (SSSR count). The van der Waals surface area contributed by atoms with E-state index in [0.717, 1.165) is 12.0 Å². The predicted octanol–water partition coefficient (Wildman–Crippen LogP) is 0.374. The summed E-state index contributed by atoms with van der Waals surface area (Å²) in [6.45, 7) is 5.05. The molecule has 3 aliphatic rings. The first-order chi connectivity index (χ1) is 7.28. The summed E-state index contributed by atoms with van der Waals surface area (Å²) in [5, 5.41) is 9.67. The molecule has 1 spiro atoms. The molecule has 2 heterocycles. The predicted molar refractivity (Wildman–Crippen MR) is 52.2 cm³/mol. The number of hydrogen-bond acceptors (Lipinski definition) is 4. The normalized spacial score (nSPS) is 41.9. The van der Waals surface area contributed by atoms with E-state index in [2.05, 4.69) is 6.58 Å². The molecule has 2 aliphatic heterocycles. The molecule has 82 valence electrons. The van der Waals surface area contributed by atoms with Gasteiger partial charge in [0.15, 0.2) is 0 Å². The van der Waals surface area contributed by atoms with E-state index in [-0.39, 0.29) is 12.2 Å². The van der Waals surface area contributed by atoms with E-state index < -0.39 is 11.9 Å².